The Hall–Kier alpha value is -3.34. The molecule has 0 saturated heterocycles. The molecule has 0 fully saturated rings. The summed E-state index contributed by atoms with van der Waals surface area (Å²) < 4.78 is 9.04. The van der Waals surface area contributed by atoms with Crippen molar-refractivity contribution in [3.63, 3.8) is 0 Å². The number of anilines is 1. The first-order chi connectivity index (χ1) is 10.9. The Morgan fingerprint density at radius 3 is 2.57 bits per heavy atom. The Kier molecular flexibility index (Phi) is 4.32. The highest BCUT2D eigenvalue weighted by atomic mass is 16.5. The first kappa shape index (κ1) is 16.0. The molecule has 23 heavy (non-hydrogen) atoms. The van der Waals surface area contributed by atoms with Crippen molar-refractivity contribution in [3.8, 4) is 11.8 Å². The lowest BCUT2D eigenvalue weighted by molar-refractivity contribution is -0.139. The molecule has 1 aromatic carbocycles. The maximum Gasteiger partial charge on any atom is 0.349 e. The van der Waals surface area contributed by atoms with Crippen LogP contribution in [0.15, 0.2) is 23.8 Å². The van der Waals surface area contributed by atoms with E-state index in [0.29, 0.717) is 0 Å². The molecule has 1 N–H and O–H groups in total. The molecule has 0 aliphatic carbocycles. The van der Waals surface area contributed by atoms with Crippen LogP contribution in [0.4, 0.5) is 5.69 Å². The predicted molar refractivity (Wildman–Crippen MR) is 77.0 cm³/mol. The highest BCUT2D eigenvalue weighted by Gasteiger charge is 2.38. The first-order valence-corrected chi connectivity index (χ1v) is 6.39. The number of methoxy groups -OCH3 is 2. The van der Waals surface area contributed by atoms with E-state index < -0.39 is 30.0 Å². The number of amides is 1. The van der Waals surface area contributed by atoms with Gasteiger partial charge in [0.1, 0.15) is 18.4 Å². The van der Waals surface area contributed by atoms with Gasteiger partial charge in [-0.1, -0.05) is 0 Å². The van der Waals surface area contributed by atoms with Gasteiger partial charge in [-0.05, 0) is 18.2 Å². The minimum absolute atomic E-state index is 0.156. The van der Waals surface area contributed by atoms with Crippen molar-refractivity contribution in [1.82, 2.24) is 0 Å². The minimum Gasteiger partial charge on any atom is -0.508 e. The van der Waals surface area contributed by atoms with Crippen molar-refractivity contribution in [2.24, 2.45) is 0 Å². The van der Waals surface area contributed by atoms with Gasteiger partial charge >= 0.3 is 11.9 Å². The molecule has 0 spiro atoms. The summed E-state index contributed by atoms with van der Waals surface area (Å²) in [5, 5.41) is 18.8. The van der Waals surface area contributed by atoms with Gasteiger partial charge in [-0.3, -0.25) is 14.5 Å². The van der Waals surface area contributed by atoms with Crippen molar-refractivity contribution >= 4 is 29.1 Å². The number of nitriles is 1. The smallest absolute Gasteiger partial charge is 0.349 e. The summed E-state index contributed by atoms with van der Waals surface area (Å²) in [7, 11) is 2.25. The normalized spacial score (nSPS) is 14.8. The Morgan fingerprint density at radius 2 is 2.00 bits per heavy atom. The number of hydrogen-bond acceptors (Lipinski definition) is 7. The Bertz CT molecular complexity index is 775. The molecule has 8 heteroatoms. The van der Waals surface area contributed by atoms with Crippen LogP contribution in [0.2, 0.25) is 0 Å². The fraction of sp³-hybridized carbons (Fsp3) is 0.200. The highest BCUT2D eigenvalue weighted by Crippen LogP contribution is 2.40. The monoisotopic (exact) mass is 316 g/mol. The van der Waals surface area contributed by atoms with Gasteiger partial charge in [-0.25, -0.2) is 4.79 Å². The number of rotatable bonds is 3. The average Bonchev–Trinajstić information content (AvgIpc) is 2.80. The van der Waals surface area contributed by atoms with Crippen LogP contribution in [0.1, 0.15) is 5.56 Å². The Labute approximate surface area is 131 Å². The zero-order chi connectivity index (χ0) is 17.1. The lowest BCUT2D eigenvalue weighted by Crippen LogP contribution is -2.33. The molecule has 0 saturated carbocycles. The zero-order valence-electron chi connectivity index (χ0n) is 12.3. The molecular weight excluding hydrogens is 304 g/mol. The second-order valence-electron chi connectivity index (χ2n) is 4.52. The molecule has 0 atom stereocenters. The number of fused-ring (bicyclic) bond motifs is 1. The SMILES string of the molecule is COC(=O)CN1C(=O)/C(=C(/C#N)C(=O)OC)c2cc(O)ccc21. The summed E-state index contributed by atoms with van der Waals surface area (Å²) in [6, 6.07) is 5.60. The van der Waals surface area contributed by atoms with Crippen LogP contribution in [0.5, 0.6) is 5.75 Å². The third kappa shape index (κ3) is 2.72. The van der Waals surface area contributed by atoms with Crippen LogP contribution >= 0.6 is 0 Å². The molecule has 1 heterocycles. The van der Waals surface area contributed by atoms with E-state index in [4.69, 9.17) is 0 Å². The van der Waals surface area contributed by atoms with E-state index >= 15 is 0 Å². The number of carbonyl (C=O) groups is 3. The number of ether oxygens (including phenoxy) is 2. The molecular formula is C15H12N2O6. The molecule has 0 bridgehead atoms. The lowest BCUT2D eigenvalue weighted by Gasteiger charge is -2.15. The quantitative estimate of drug-likeness (QED) is 0.486. The fourth-order valence-electron chi connectivity index (χ4n) is 2.22. The molecule has 1 aromatic rings. The number of benzene rings is 1. The van der Waals surface area contributed by atoms with Crippen molar-refractivity contribution in [1.29, 1.82) is 5.26 Å². The molecule has 2 rings (SSSR count). The largest absolute Gasteiger partial charge is 0.508 e. The molecule has 118 valence electrons. The summed E-state index contributed by atoms with van der Waals surface area (Å²) in [6.07, 6.45) is 0. The van der Waals surface area contributed by atoms with Crippen LogP contribution in [-0.4, -0.2) is 43.7 Å². The summed E-state index contributed by atoms with van der Waals surface area (Å²) in [4.78, 5) is 36.8. The van der Waals surface area contributed by atoms with Crippen LogP contribution in [0.3, 0.4) is 0 Å². The van der Waals surface area contributed by atoms with E-state index in [2.05, 4.69) is 9.47 Å². The van der Waals surface area contributed by atoms with E-state index in [0.717, 1.165) is 12.0 Å². The molecule has 0 aromatic heterocycles. The molecule has 0 unspecified atom stereocenters. The Balaban J connectivity index is 2.68. The minimum atomic E-state index is -0.981. The second-order valence-corrected chi connectivity index (χ2v) is 4.52. The maximum atomic E-state index is 12.6. The van der Waals surface area contributed by atoms with Gasteiger partial charge in [0.2, 0.25) is 0 Å². The van der Waals surface area contributed by atoms with Crippen LogP contribution in [-0.2, 0) is 23.9 Å². The molecule has 1 aliphatic rings. The molecule has 1 aliphatic heterocycles. The van der Waals surface area contributed by atoms with Gasteiger partial charge in [-0.15, -0.1) is 0 Å². The van der Waals surface area contributed by atoms with Gasteiger partial charge in [0.15, 0.2) is 5.57 Å². The van der Waals surface area contributed by atoms with Crippen LogP contribution in [0, 0.1) is 11.3 Å². The standard InChI is InChI=1S/C15H12N2O6/c1-22-12(19)7-17-11-4-3-8(18)5-9(11)13(14(17)20)10(6-16)15(21)23-2/h3-5,18H,7H2,1-2H3/b13-10-. The van der Waals surface area contributed by atoms with Gasteiger partial charge in [0, 0.05) is 5.56 Å². The van der Waals surface area contributed by atoms with E-state index in [-0.39, 0.29) is 22.6 Å². The molecule has 0 radical (unpaired) electrons. The number of phenols is 1. The maximum absolute atomic E-state index is 12.6. The van der Waals surface area contributed by atoms with Crippen molar-refractivity contribution in [2.45, 2.75) is 0 Å². The van der Waals surface area contributed by atoms with Gasteiger partial charge in [-0.2, -0.15) is 5.26 Å². The summed E-state index contributed by atoms with van der Waals surface area (Å²) >= 11 is 0. The van der Waals surface area contributed by atoms with Crippen molar-refractivity contribution in [3.05, 3.63) is 29.3 Å². The van der Waals surface area contributed by atoms with Crippen molar-refractivity contribution < 1.29 is 29.0 Å². The number of carbonyl (C=O) groups excluding carboxylic acids is 3. The van der Waals surface area contributed by atoms with Gasteiger partial charge in [0.05, 0.1) is 25.5 Å². The summed E-state index contributed by atoms with van der Waals surface area (Å²) in [6.45, 7) is -0.392. The van der Waals surface area contributed by atoms with Gasteiger partial charge < -0.3 is 14.6 Å². The number of phenolic OH excluding ortho intramolecular Hbond substituents is 1. The third-order valence-corrected chi connectivity index (χ3v) is 3.27. The zero-order valence-corrected chi connectivity index (χ0v) is 12.3. The average molecular weight is 316 g/mol. The van der Waals surface area contributed by atoms with E-state index in [1.165, 1.54) is 25.3 Å². The number of esters is 2. The summed E-state index contributed by atoms with van der Waals surface area (Å²) in [5.74, 6) is -2.53. The number of nitrogens with zero attached hydrogens (tertiary/aromatic N) is 2. The number of aromatic hydroxyl groups is 1. The Morgan fingerprint density at radius 1 is 1.30 bits per heavy atom. The first-order valence-electron chi connectivity index (χ1n) is 6.39. The van der Waals surface area contributed by atoms with Gasteiger partial charge in [0.25, 0.3) is 5.91 Å². The lowest BCUT2D eigenvalue weighted by atomic mass is 10.0. The van der Waals surface area contributed by atoms with Crippen LogP contribution in [0.25, 0.3) is 5.57 Å². The summed E-state index contributed by atoms with van der Waals surface area (Å²) in [5.41, 5.74) is -0.281. The third-order valence-electron chi connectivity index (χ3n) is 3.27. The molecule has 8 nitrogen and oxygen atoms in total. The van der Waals surface area contributed by atoms with E-state index in [1.807, 2.05) is 0 Å². The number of hydrogen-bond donors (Lipinski definition) is 1. The second kappa shape index (κ2) is 6.19. The topological polar surface area (TPSA) is 117 Å². The fourth-order valence-corrected chi connectivity index (χ4v) is 2.22. The highest BCUT2D eigenvalue weighted by molar-refractivity contribution is 6.37. The van der Waals surface area contributed by atoms with Crippen molar-refractivity contribution in [2.75, 3.05) is 25.7 Å². The van der Waals surface area contributed by atoms with E-state index in [1.54, 1.807) is 6.07 Å². The van der Waals surface area contributed by atoms with E-state index in [9.17, 15) is 24.8 Å². The predicted octanol–water partition coefficient (Wildman–Crippen LogP) is 0.362. The van der Waals surface area contributed by atoms with Crippen LogP contribution < -0.4 is 4.90 Å². The molecule has 1 amide bonds.